The van der Waals surface area contributed by atoms with Crippen molar-refractivity contribution in [2.24, 2.45) is 0 Å². The third-order valence-corrected chi connectivity index (χ3v) is 5.04. The number of furan rings is 1. The van der Waals surface area contributed by atoms with E-state index < -0.39 is 5.91 Å². The van der Waals surface area contributed by atoms with Gasteiger partial charge in [0.1, 0.15) is 18.1 Å². The monoisotopic (exact) mass is 442 g/mol. The van der Waals surface area contributed by atoms with Gasteiger partial charge >= 0.3 is 0 Å². The summed E-state index contributed by atoms with van der Waals surface area (Å²) in [4.78, 5) is 24.5. The zero-order valence-electron chi connectivity index (χ0n) is 17.7. The number of ether oxygens (including phenoxy) is 1. The highest BCUT2D eigenvalue weighted by Gasteiger charge is 2.13. The zero-order chi connectivity index (χ0) is 23.0. The Morgan fingerprint density at radius 3 is 2.48 bits per heavy atom. The predicted molar refractivity (Wildman–Crippen MR) is 124 cm³/mol. The third-order valence-electron chi connectivity index (χ3n) is 5.04. The van der Waals surface area contributed by atoms with Gasteiger partial charge in [-0.3, -0.25) is 14.8 Å². The topological polar surface area (TPSA) is 101 Å². The Morgan fingerprint density at radius 1 is 0.939 bits per heavy atom. The Balaban J connectivity index is 1.56. The van der Waals surface area contributed by atoms with Crippen LogP contribution in [0.25, 0.3) is 16.8 Å². The lowest BCUT2D eigenvalue weighted by atomic mass is 10.1. The number of benzene rings is 3. The largest absolute Gasteiger partial charge is 0.488 e. The first kappa shape index (κ1) is 21.9. The fourth-order valence-electron chi connectivity index (χ4n) is 3.34. The maximum Gasteiger partial charge on any atom is 0.274 e. The highest BCUT2D eigenvalue weighted by molar-refractivity contribution is 5.98. The predicted octanol–water partition coefficient (Wildman–Crippen LogP) is 4.33. The highest BCUT2D eigenvalue weighted by Crippen LogP contribution is 2.25. The van der Waals surface area contributed by atoms with Gasteiger partial charge in [-0.2, -0.15) is 0 Å². The number of fused-ring (bicyclic) bond motifs is 1. The molecule has 3 aromatic carbocycles. The van der Waals surface area contributed by atoms with Gasteiger partial charge in [0.2, 0.25) is 0 Å². The van der Waals surface area contributed by atoms with E-state index in [1.165, 1.54) is 0 Å². The Bertz CT molecular complexity index is 1270. The van der Waals surface area contributed by atoms with Crippen molar-refractivity contribution in [2.45, 2.75) is 6.54 Å². The second kappa shape index (κ2) is 10.3. The molecule has 0 aliphatic heterocycles. The van der Waals surface area contributed by atoms with Crippen LogP contribution in [-0.2, 0) is 11.3 Å². The van der Waals surface area contributed by atoms with Gasteiger partial charge in [-0.1, -0.05) is 48.5 Å². The third kappa shape index (κ3) is 5.47. The van der Waals surface area contributed by atoms with E-state index in [-0.39, 0.29) is 19.1 Å². The molecule has 0 saturated carbocycles. The molecule has 0 bridgehead atoms. The average Bonchev–Trinajstić information content (AvgIpc) is 3.38. The molecule has 7 nitrogen and oxygen atoms in total. The Morgan fingerprint density at radius 2 is 1.73 bits per heavy atom. The molecule has 7 heteroatoms. The van der Waals surface area contributed by atoms with Crippen LogP contribution in [0.5, 0.6) is 5.75 Å². The summed E-state index contributed by atoms with van der Waals surface area (Å²) < 4.78 is 11.3. The molecule has 4 aromatic rings. The molecular formula is C26H22N2O5. The van der Waals surface area contributed by atoms with Crippen molar-refractivity contribution in [1.82, 2.24) is 10.8 Å². The Kier molecular flexibility index (Phi) is 6.82. The van der Waals surface area contributed by atoms with Crippen LogP contribution in [0.2, 0.25) is 0 Å². The lowest BCUT2D eigenvalue weighted by molar-refractivity contribution is -0.118. The summed E-state index contributed by atoms with van der Waals surface area (Å²) in [6, 6.07) is 23.6. The van der Waals surface area contributed by atoms with E-state index in [4.69, 9.17) is 14.4 Å². The number of amides is 2. The average molecular weight is 442 g/mol. The van der Waals surface area contributed by atoms with Crippen LogP contribution in [0.4, 0.5) is 0 Å². The second-order valence-electron chi connectivity index (χ2n) is 7.26. The minimum atomic E-state index is -0.610. The van der Waals surface area contributed by atoms with Gasteiger partial charge in [0.15, 0.2) is 0 Å². The first-order valence-corrected chi connectivity index (χ1v) is 10.3. The molecule has 1 heterocycles. The molecule has 0 radical (unpaired) electrons. The van der Waals surface area contributed by atoms with E-state index in [1.54, 1.807) is 54.2 Å². The molecule has 0 spiro atoms. The van der Waals surface area contributed by atoms with Crippen LogP contribution in [0, 0.1) is 0 Å². The highest BCUT2D eigenvalue weighted by atomic mass is 16.5. The lowest BCUT2D eigenvalue weighted by Crippen LogP contribution is -2.27. The Labute approximate surface area is 190 Å². The van der Waals surface area contributed by atoms with Crippen molar-refractivity contribution in [1.29, 1.82) is 0 Å². The second-order valence-corrected chi connectivity index (χ2v) is 7.26. The molecule has 2 amide bonds. The molecule has 33 heavy (non-hydrogen) atoms. The van der Waals surface area contributed by atoms with Crippen molar-refractivity contribution in [3.63, 3.8) is 0 Å². The summed E-state index contributed by atoms with van der Waals surface area (Å²) in [5.41, 5.74) is 2.99. The summed E-state index contributed by atoms with van der Waals surface area (Å²) in [6.45, 7) is 0.282. The van der Waals surface area contributed by atoms with E-state index >= 15 is 0 Å². The molecule has 166 valence electrons. The van der Waals surface area contributed by atoms with Gasteiger partial charge in [0.25, 0.3) is 11.8 Å². The summed E-state index contributed by atoms with van der Waals surface area (Å²) in [6.07, 6.45) is 3.25. The standard InChI is InChI=1S/C26H22N2O5/c29-25(27-16-22-7-4-14-32-22)21(15-18-10-12-20(13-11-18)26(30)28-31)17-33-24-9-3-6-19-5-1-2-8-23(19)24/h1-15,31H,16-17H2,(H,27,29)(H,28,30). The molecule has 0 saturated heterocycles. The van der Waals surface area contributed by atoms with Crippen LogP contribution in [0.1, 0.15) is 21.7 Å². The molecule has 0 atom stereocenters. The number of hydrogen-bond donors (Lipinski definition) is 3. The van der Waals surface area contributed by atoms with Gasteiger partial charge in [-0.05, 0) is 47.4 Å². The molecular weight excluding hydrogens is 420 g/mol. The van der Waals surface area contributed by atoms with Crippen LogP contribution in [0.3, 0.4) is 0 Å². The van der Waals surface area contributed by atoms with Crippen molar-refractivity contribution in [3.8, 4) is 5.75 Å². The number of nitrogens with one attached hydrogen (secondary N) is 2. The van der Waals surface area contributed by atoms with Crippen LogP contribution in [-0.4, -0.2) is 23.6 Å². The van der Waals surface area contributed by atoms with Gasteiger partial charge in [0, 0.05) is 10.9 Å². The summed E-state index contributed by atoms with van der Waals surface area (Å²) in [7, 11) is 0. The fraction of sp³-hybridized carbons (Fsp3) is 0.0769. The van der Waals surface area contributed by atoms with E-state index in [0.717, 1.165) is 10.8 Å². The molecule has 0 aliphatic rings. The summed E-state index contributed by atoms with van der Waals surface area (Å²) in [5, 5.41) is 13.6. The molecule has 0 aliphatic carbocycles. The maximum atomic E-state index is 13.0. The van der Waals surface area contributed by atoms with Crippen LogP contribution >= 0.6 is 0 Å². The van der Waals surface area contributed by atoms with E-state index in [0.29, 0.717) is 28.2 Å². The summed E-state index contributed by atoms with van der Waals surface area (Å²) >= 11 is 0. The van der Waals surface area contributed by atoms with Crippen molar-refractivity contribution in [3.05, 3.63) is 108 Å². The minimum Gasteiger partial charge on any atom is -0.488 e. The normalized spacial score (nSPS) is 11.2. The minimum absolute atomic E-state index is 0.0386. The lowest BCUT2D eigenvalue weighted by Gasteiger charge is -2.12. The SMILES string of the molecule is O=C(NCc1ccco1)C(=Cc1ccc(C(=O)NO)cc1)COc1cccc2ccccc12. The molecule has 0 unspecified atom stereocenters. The first-order valence-electron chi connectivity index (χ1n) is 10.3. The van der Waals surface area contributed by atoms with E-state index in [2.05, 4.69) is 5.32 Å². The molecule has 0 fully saturated rings. The maximum absolute atomic E-state index is 13.0. The number of carbonyl (C=O) groups excluding carboxylic acids is 2. The fourth-order valence-corrected chi connectivity index (χ4v) is 3.34. The molecule has 4 rings (SSSR count). The number of rotatable bonds is 8. The van der Waals surface area contributed by atoms with Gasteiger partial charge in [-0.15, -0.1) is 0 Å². The van der Waals surface area contributed by atoms with Crippen LogP contribution < -0.4 is 15.5 Å². The molecule has 3 N–H and O–H groups in total. The first-order chi connectivity index (χ1) is 16.1. The van der Waals surface area contributed by atoms with Gasteiger partial charge < -0.3 is 14.5 Å². The van der Waals surface area contributed by atoms with Gasteiger partial charge in [-0.25, -0.2) is 5.48 Å². The van der Waals surface area contributed by atoms with Crippen molar-refractivity contribution >= 4 is 28.7 Å². The van der Waals surface area contributed by atoms with Crippen LogP contribution in [0.15, 0.2) is 95.1 Å². The van der Waals surface area contributed by atoms with Crippen molar-refractivity contribution in [2.75, 3.05) is 6.61 Å². The quantitative estimate of drug-likeness (QED) is 0.214. The summed E-state index contributed by atoms with van der Waals surface area (Å²) in [5.74, 6) is 0.398. The van der Waals surface area contributed by atoms with E-state index in [1.807, 2.05) is 42.5 Å². The molecule has 1 aromatic heterocycles. The number of hydrogen-bond acceptors (Lipinski definition) is 5. The van der Waals surface area contributed by atoms with Crippen molar-refractivity contribution < 1.29 is 24.0 Å². The van der Waals surface area contributed by atoms with E-state index in [9.17, 15) is 9.59 Å². The Hall–Kier alpha value is -4.36. The number of hydroxylamine groups is 1. The number of carbonyl (C=O) groups is 2. The smallest absolute Gasteiger partial charge is 0.274 e. The van der Waals surface area contributed by atoms with Gasteiger partial charge in [0.05, 0.1) is 18.4 Å². The zero-order valence-corrected chi connectivity index (χ0v) is 17.7.